The number of aromatic hydroxyl groups is 1. The van der Waals surface area contributed by atoms with Crippen molar-refractivity contribution in [3.05, 3.63) is 40.3 Å². The zero-order valence-corrected chi connectivity index (χ0v) is 10.6. The fourth-order valence-electron chi connectivity index (χ4n) is 1.31. The maximum atomic E-state index is 9.33. The molecule has 0 aliphatic rings. The highest BCUT2D eigenvalue weighted by Crippen LogP contribution is 2.26. The van der Waals surface area contributed by atoms with Gasteiger partial charge in [-0.2, -0.15) is 0 Å². The summed E-state index contributed by atoms with van der Waals surface area (Å²) in [7, 11) is 0. The number of hydrogen-bond donors (Lipinski definition) is 1. The van der Waals surface area contributed by atoms with Crippen molar-refractivity contribution in [3.63, 3.8) is 0 Å². The summed E-state index contributed by atoms with van der Waals surface area (Å²) in [5.74, 6) is 1.18. The number of phenols is 1. The van der Waals surface area contributed by atoms with Crippen LogP contribution in [-0.2, 0) is 12.2 Å². The van der Waals surface area contributed by atoms with Gasteiger partial charge in [-0.25, -0.2) is 4.98 Å². The molecule has 1 heterocycles. The Labute approximate surface area is 103 Å². The van der Waals surface area contributed by atoms with Crippen LogP contribution in [0.25, 0.3) is 0 Å². The van der Waals surface area contributed by atoms with Gasteiger partial charge < -0.3 is 5.11 Å². The van der Waals surface area contributed by atoms with Gasteiger partial charge in [-0.1, -0.05) is 13.0 Å². The van der Waals surface area contributed by atoms with Crippen molar-refractivity contribution < 1.29 is 5.11 Å². The van der Waals surface area contributed by atoms with Crippen molar-refractivity contribution in [3.8, 4) is 5.75 Å². The Morgan fingerprint density at radius 1 is 1.44 bits per heavy atom. The van der Waals surface area contributed by atoms with Crippen LogP contribution in [0.1, 0.15) is 17.6 Å². The molecule has 84 valence electrons. The Kier molecular flexibility index (Phi) is 3.85. The maximum absolute atomic E-state index is 9.33. The lowest BCUT2D eigenvalue weighted by molar-refractivity contribution is 0.474. The SMILES string of the molecule is CCc1nc(CSc2cccc(O)c2)cs1. The maximum Gasteiger partial charge on any atom is 0.116 e. The van der Waals surface area contributed by atoms with Crippen LogP contribution < -0.4 is 0 Å². The molecule has 2 aromatic rings. The fraction of sp³-hybridized carbons (Fsp3) is 0.250. The second-order valence-corrected chi connectivity index (χ2v) is 5.36. The quantitative estimate of drug-likeness (QED) is 0.841. The van der Waals surface area contributed by atoms with Crippen molar-refractivity contribution in [2.24, 2.45) is 0 Å². The van der Waals surface area contributed by atoms with Crippen molar-refractivity contribution >= 4 is 23.1 Å². The van der Waals surface area contributed by atoms with E-state index in [4.69, 9.17) is 0 Å². The fourth-order valence-corrected chi connectivity index (χ4v) is 3.00. The summed E-state index contributed by atoms with van der Waals surface area (Å²) in [6, 6.07) is 7.31. The zero-order valence-electron chi connectivity index (χ0n) is 9.01. The molecule has 2 rings (SSSR count). The Bertz CT molecular complexity index is 468. The van der Waals surface area contributed by atoms with Crippen LogP contribution in [0.5, 0.6) is 5.75 Å². The number of aryl methyl sites for hydroxylation is 1. The number of rotatable bonds is 4. The molecule has 0 unspecified atom stereocenters. The molecular formula is C12H13NOS2. The number of benzene rings is 1. The Balaban J connectivity index is 1.96. The average Bonchev–Trinajstić information content (AvgIpc) is 2.74. The first-order valence-electron chi connectivity index (χ1n) is 5.13. The third kappa shape index (κ3) is 3.00. The summed E-state index contributed by atoms with van der Waals surface area (Å²) in [6.45, 7) is 2.12. The Morgan fingerprint density at radius 2 is 2.31 bits per heavy atom. The number of nitrogens with zero attached hydrogens (tertiary/aromatic N) is 1. The summed E-state index contributed by atoms with van der Waals surface area (Å²) in [4.78, 5) is 5.58. The van der Waals surface area contributed by atoms with Gasteiger partial charge in [-0.05, 0) is 24.6 Å². The predicted molar refractivity (Wildman–Crippen MR) is 69.2 cm³/mol. The highest BCUT2D eigenvalue weighted by atomic mass is 32.2. The summed E-state index contributed by atoms with van der Waals surface area (Å²) >= 11 is 3.41. The summed E-state index contributed by atoms with van der Waals surface area (Å²) in [5.41, 5.74) is 1.12. The van der Waals surface area contributed by atoms with Crippen LogP contribution in [0, 0.1) is 0 Å². The van der Waals surface area contributed by atoms with E-state index < -0.39 is 0 Å². The normalized spacial score (nSPS) is 10.6. The summed E-state index contributed by atoms with van der Waals surface area (Å²) < 4.78 is 0. The largest absolute Gasteiger partial charge is 0.508 e. The van der Waals surface area contributed by atoms with Gasteiger partial charge in [0, 0.05) is 16.0 Å². The van der Waals surface area contributed by atoms with Gasteiger partial charge in [0.15, 0.2) is 0 Å². The summed E-state index contributed by atoms with van der Waals surface area (Å²) in [5, 5.41) is 12.6. The van der Waals surface area contributed by atoms with E-state index in [0.29, 0.717) is 5.75 Å². The molecule has 0 amide bonds. The molecule has 0 fully saturated rings. The second kappa shape index (κ2) is 5.37. The molecule has 1 N–H and O–H groups in total. The molecule has 0 radical (unpaired) electrons. The first-order chi connectivity index (χ1) is 7.78. The molecule has 1 aromatic heterocycles. The summed E-state index contributed by atoms with van der Waals surface area (Å²) in [6.07, 6.45) is 1.00. The minimum Gasteiger partial charge on any atom is -0.508 e. The van der Waals surface area contributed by atoms with E-state index in [1.807, 2.05) is 12.1 Å². The lowest BCUT2D eigenvalue weighted by Gasteiger charge is -1.99. The first kappa shape index (κ1) is 11.5. The van der Waals surface area contributed by atoms with Crippen molar-refractivity contribution in [2.45, 2.75) is 24.0 Å². The third-order valence-corrected chi connectivity index (χ3v) is 4.18. The number of thiazole rings is 1. The van der Waals surface area contributed by atoms with Crippen LogP contribution >= 0.6 is 23.1 Å². The molecule has 4 heteroatoms. The molecule has 16 heavy (non-hydrogen) atoms. The zero-order chi connectivity index (χ0) is 11.4. The highest BCUT2D eigenvalue weighted by molar-refractivity contribution is 7.98. The van der Waals surface area contributed by atoms with Crippen LogP contribution in [-0.4, -0.2) is 10.1 Å². The molecule has 0 aliphatic heterocycles. The van der Waals surface area contributed by atoms with E-state index in [9.17, 15) is 5.11 Å². The van der Waals surface area contributed by atoms with Gasteiger partial charge in [-0.15, -0.1) is 23.1 Å². The highest BCUT2D eigenvalue weighted by Gasteiger charge is 2.01. The monoisotopic (exact) mass is 251 g/mol. The van der Waals surface area contributed by atoms with Gasteiger partial charge in [0.25, 0.3) is 0 Å². The lowest BCUT2D eigenvalue weighted by atomic mass is 10.3. The number of thioether (sulfide) groups is 1. The van der Waals surface area contributed by atoms with Crippen molar-refractivity contribution in [1.82, 2.24) is 4.98 Å². The first-order valence-corrected chi connectivity index (χ1v) is 6.99. The lowest BCUT2D eigenvalue weighted by Crippen LogP contribution is -1.82. The van der Waals surface area contributed by atoms with Gasteiger partial charge in [-0.3, -0.25) is 0 Å². The van der Waals surface area contributed by atoms with E-state index in [-0.39, 0.29) is 0 Å². The topological polar surface area (TPSA) is 33.1 Å². The van der Waals surface area contributed by atoms with E-state index in [2.05, 4.69) is 17.3 Å². The molecule has 0 bridgehead atoms. The van der Waals surface area contributed by atoms with Crippen LogP contribution in [0.15, 0.2) is 34.5 Å². The molecule has 1 aromatic carbocycles. The van der Waals surface area contributed by atoms with Crippen LogP contribution in [0.3, 0.4) is 0 Å². The number of aromatic nitrogens is 1. The average molecular weight is 251 g/mol. The van der Waals surface area contributed by atoms with Crippen molar-refractivity contribution in [2.75, 3.05) is 0 Å². The minimum absolute atomic E-state index is 0.317. The van der Waals surface area contributed by atoms with E-state index in [1.165, 1.54) is 5.01 Å². The van der Waals surface area contributed by atoms with Gasteiger partial charge >= 0.3 is 0 Å². The standard InChI is InChI=1S/C12H13NOS2/c1-2-12-13-9(8-16-12)7-15-11-5-3-4-10(14)6-11/h3-6,8,14H,2,7H2,1H3. The molecule has 0 aliphatic carbocycles. The van der Waals surface area contributed by atoms with E-state index in [1.54, 1.807) is 35.2 Å². The van der Waals surface area contributed by atoms with E-state index in [0.717, 1.165) is 22.8 Å². The predicted octanol–water partition coefficient (Wildman–Crippen LogP) is 3.70. The molecule has 2 nitrogen and oxygen atoms in total. The van der Waals surface area contributed by atoms with E-state index >= 15 is 0 Å². The van der Waals surface area contributed by atoms with Gasteiger partial charge in [0.1, 0.15) is 5.75 Å². The van der Waals surface area contributed by atoms with Crippen molar-refractivity contribution in [1.29, 1.82) is 0 Å². The number of phenolic OH excluding ortho intramolecular Hbond substituents is 1. The molecule has 0 saturated heterocycles. The Hall–Kier alpha value is -1.000. The molecule has 0 atom stereocenters. The Morgan fingerprint density at radius 3 is 3.00 bits per heavy atom. The molecule has 0 saturated carbocycles. The van der Waals surface area contributed by atoms with Gasteiger partial charge in [0.2, 0.25) is 0 Å². The molecule has 0 spiro atoms. The number of hydrogen-bond acceptors (Lipinski definition) is 4. The molecular weight excluding hydrogens is 238 g/mol. The smallest absolute Gasteiger partial charge is 0.116 e. The third-order valence-electron chi connectivity index (χ3n) is 2.11. The van der Waals surface area contributed by atoms with Crippen LogP contribution in [0.2, 0.25) is 0 Å². The van der Waals surface area contributed by atoms with Crippen LogP contribution in [0.4, 0.5) is 0 Å². The van der Waals surface area contributed by atoms with Gasteiger partial charge in [0.05, 0.1) is 10.7 Å². The minimum atomic E-state index is 0.317. The second-order valence-electron chi connectivity index (χ2n) is 3.37.